The average molecular weight is 308 g/mol. The first-order valence-electron chi connectivity index (χ1n) is 7.78. The summed E-state index contributed by atoms with van der Waals surface area (Å²) in [6.45, 7) is 8.28. The lowest BCUT2D eigenvalue weighted by atomic mass is 10.1. The van der Waals surface area contributed by atoms with E-state index in [-0.39, 0.29) is 18.0 Å². The summed E-state index contributed by atoms with van der Waals surface area (Å²) in [6.07, 6.45) is 1.47. The largest absolute Gasteiger partial charge is 0.444 e. The Labute approximate surface area is 131 Å². The minimum absolute atomic E-state index is 0.142. The molecule has 2 rings (SSSR count). The number of benzene rings is 1. The minimum atomic E-state index is -0.467. The van der Waals surface area contributed by atoms with E-state index in [1.54, 1.807) is 0 Å². The molecule has 1 saturated heterocycles. The number of carbonyl (C=O) groups is 1. The third kappa shape index (κ3) is 5.64. The van der Waals surface area contributed by atoms with Crippen molar-refractivity contribution in [2.45, 2.75) is 45.3 Å². The van der Waals surface area contributed by atoms with Crippen LogP contribution < -0.4 is 5.32 Å². The second-order valence-electron chi connectivity index (χ2n) is 6.81. The Balaban J connectivity index is 1.71. The van der Waals surface area contributed by atoms with Crippen molar-refractivity contribution < 1.29 is 13.9 Å². The van der Waals surface area contributed by atoms with Gasteiger partial charge in [0.25, 0.3) is 0 Å². The van der Waals surface area contributed by atoms with Gasteiger partial charge < -0.3 is 15.0 Å². The fourth-order valence-electron chi connectivity index (χ4n) is 2.57. The van der Waals surface area contributed by atoms with Gasteiger partial charge >= 0.3 is 6.09 Å². The summed E-state index contributed by atoms with van der Waals surface area (Å²) in [5.41, 5.74) is 0.662. The van der Waals surface area contributed by atoms with Gasteiger partial charge in [-0.2, -0.15) is 0 Å². The van der Waals surface area contributed by atoms with Crippen LogP contribution >= 0.6 is 0 Å². The van der Waals surface area contributed by atoms with Crippen LogP contribution in [0, 0.1) is 5.82 Å². The van der Waals surface area contributed by atoms with Crippen molar-refractivity contribution in [3.8, 4) is 0 Å². The summed E-state index contributed by atoms with van der Waals surface area (Å²) in [4.78, 5) is 14.1. The Morgan fingerprint density at radius 2 is 2.05 bits per heavy atom. The number of hydrogen-bond donors (Lipinski definition) is 1. The number of amides is 1. The molecule has 1 heterocycles. The predicted octanol–water partition coefficient (Wildman–Crippen LogP) is 2.97. The molecule has 1 unspecified atom stereocenters. The Bertz CT molecular complexity index is 496. The lowest BCUT2D eigenvalue weighted by molar-refractivity contribution is 0.0506. The van der Waals surface area contributed by atoms with Crippen LogP contribution in [0.5, 0.6) is 0 Å². The molecule has 1 aromatic rings. The highest BCUT2D eigenvalue weighted by molar-refractivity contribution is 5.68. The number of nitrogens with one attached hydrogen (secondary N) is 1. The maximum Gasteiger partial charge on any atom is 0.407 e. The molecule has 1 amide bonds. The van der Waals surface area contributed by atoms with Gasteiger partial charge in [-0.1, -0.05) is 12.1 Å². The molecular weight excluding hydrogens is 283 g/mol. The molecule has 0 aliphatic carbocycles. The van der Waals surface area contributed by atoms with Crippen molar-refractivity contribution in [3.63, 3.8) is 0 Å². The first-order valence-corrected chi connectivity index (χ1v) is 7.78. The zero-order valence-corrected chi connectivity index (χ0v) is 13.6. The summed E-state index contributed by atoms with van der Waals surface area (Å²) in [5, 5.41) is 2.92. The smallest absolute Gasteiger partial charge is 0.407 e. The Morgan fingerprint density at radius 1 is 1.36 bits per heavy atom. The summed E-state index contributed by atoms with van der Waals surface area (Å²) in [7, 11) is 0. The zero-order valence-electron chi connectivity index (χ0n) is 13.6. The molecule has 1 aromatic carbocycles. The monoisotopic (exact) mass is 308 g/mol. The second kappa shape index (κ2) is 7.09. The molecule has 0 saturated carbocycles. The van der Waals surface area contributed by atoms with Crippen LogP contribution in [0.1, 0.15) is 32.8 Å². The van der Waals surface area contributed by atoms with E-state index in [4.69, 9.17) is 4.74 Å². The van der Waals surface area contributed by atoms with E-state index in [1.165, 1.54) is 12.1 Å². The highest BCUT2D eigenvalue weighted by Gasteiger charge is 2.25. The van der Waals surface area contributed by atoms with Crippen molar-refractivity contribution in [1.82, 2.24) is 10.2 Å². The summed E-state index contributed by atoms with van der Waals surface area (Å²) in [6, 6.07) is 6.77. The van der Waals surface area contributed by atoms with E-state index >= 15 is 0 Å². The van der Waals surface area contributed by atoms with Gasteiger partial charge in [-0.3, -0.25) is 0 Å². The fraction of sp³-hybridized carbons (Fsp3) is 0.588. The van der Waals surface area contributed by atoms with Gasteiger partial charge in [-0.25, -0.2) is 9.18 Å². The molecule has 1 aliphatic heterocycles. The summed E-state index contributed by atoms with van der Waals surface area (Å²) >= 11 is 0. The second-order valence-corrected chi connectivity index (χ2v) is 6.81. The van der Waals surface area contributed by atoms with Crippen LogP contribution in [0.3, 0.4) is 0 Å². The summed E-state index contributed by atoms with van der Waals surface area (Å²) < 4.78 is 18.1. The van der Waals surface area contributed by atoms with Crippen molar-refractivity contribution in [2.75, 3.05) is 19.6 Å². The molecule has 0 bridgehead atoms. The first-order chi connectivity index (χ1) is 10.3. The summed E-state index contributed by atoms with van der Waals surface area (Å²) in [5.74, 6) is -0.202. The lowest BCUT2D eigenvalue weighted by Gasteiger charge is -2.22. The van der Waals surface area contributed by atoms with Crippen molar-refractivity contribution in [1.29, 1.82) is 0 Å². The standard InChI is InChI=1S/C17H25FN2O2/c1-17(2,3)22-16(21)19-15-9-11-20(12-15)10-8-13-4-6-14(18)7-5-13/h4-7,15H,8-12H2,1-3H3,(H,19,21). The molecule has 1 aliphatic rings. The van der Waals surface area contributed by atoms with Crippen LogP contribution in [0.25, 0.3) is 0 Å². The Morgan fingerprint density at radius 3 is 2.68 bits per heavy atom. The average Bonchev–Trinajstić information content (AvgIpc) is 2.83. The topological polar surface area (TPSA) is 41.6 Å². The maximum atomic E-state index is 12.9. The molecule has 5 heteroatoms. The van der Waals surface area contributed by atoms with Crippen LogP contribution in [0.15, 0.2) is 24.3 Å². The molecule has 0 radical (unpaired) electrons. The minimum Gasteiger partial charge on any atom is -0.444 e. The number of rotatable bonds is 4. The number of carbonyl (C=O) groups excluding carboxylic acids is 1. The van der Waals surface area contributed by atoms with Gasteiger partial charge in [0.05, 0.1) is 0 Å². The van der Waals surface area contributed by atoms with Crippen molar-refractivity contribution in [3.05, 3.63) is 35.6 Å². The number of ether oxygens (including phenoxy) is 1. The van der Waals surface area contributed by atoms with Crippen molar-refractivity contribution in [2.24, 2.45) is 0 Å². The van der Waals surface area contributed by atoms with E-state index < -0.39 is 5.60 Å². The van der Waals surface area contributed by atoms with Crippen molar-refractivity contribution >= 4 is 6.09 Å². The highest BCUT2D eigenvalue weighted by Crippen LogP contribution is 2.13. The third-order valence-electron chi connectivity index (χ3n) is 3.62. The predicted molar refractivity (Wildman–Crippen MR) is 84.3 cm³/mol. The van der Waals surface area contributed by atoms with Gasteiger partial charge in [-0.15, -0.1) is 0 Å². The Hall–Kier alpha value is -1.62. The SMILES string of the molecule is CC(C)(C)OC(=O)NC1CCN(CCc2ccc(F)cc2)C1. The van der Waals surface area contributed by atoms with Gasteiger partial charge in [0.2, 0.25) is 0 Å². The molecule has 1 atom stereocenters. The molecule has 22 heavy (non-hydrogen) atoms. The van der Waals surface area contributed by atoms with Gasteiger partial charge in [0, 0.05) is 25.7 Å². The molecule has 4 nitrogen and oxygen atoms in total. The Kier molecular flexibility index (Phi) is 5.40. The van der Waals surface area contributed by atoms with Crippen LogP contribution in [0.4, 0.5) is 9.18 Å². The van der Waals surface area contributed by atoms with E-state index in [0.717, 1.165) is 38.0 Å². The number of likely N-dealkylation sites (tertiary alicyclic amines) is 1. The van der Waals surface area contributed by atoms with E-state index in [0.29, 0.717) is 0 Å². The van der Waals surface area contributed by atoms with E-state index in [2.05, 4.69) is 10.2 Å². The van der Waals surface area contributed by atoms with Gasteiger partial charge in [-0.05, 0) is 51.3 Å². The molecule has 0 spiro atoms. The fourth-order valence-corrected chi connectivity index (χ4v) is 2.57. The molecule has 1 fully saturated rings. The van der Waals surface area contributed by atoms with E-state index in [9.17, 15) is 9.18 Å². The molecule has 122 valence electrons. The highest BCUT2D eigenvalue weighted by atomic mass is 19.1. The quantitative estimate of drug-likeness (QED) is 0.930. The number of halogens is 1. The van der Waals surface area contributed by atoms with E-state index in [1.807, 2.05) is 32.9 Å². The number of alkyl carbamates (subject to hydrolysis) is 1. The van der Waals surface area contributed by atoms with Gasteiger partial charge in [0.15, 0.2) is 0 Å². The molecule has 1 N–H and O–H groups in total. The molecule has 0 aromatic heterocycles. The number of nitrogens with zero attached hydrogens (tertiary/aromatic N) is 1. The normalized spacial score (nSPS) is 19.2. The third-order valence-corrected chi connectivity index (χ3v) is 3.62. The number of hydrogen-bond acceptors (Lipinski definition) is 3. The first kappa shape index (κ1) is 16.7. The maximum absolute atomic E-state index is 12.9. The van der Waals surface area contributed by atoms with Gasteiger partial charge in [0.1, 0.15) is 11.4 Å². The zero-order chi connectivity index (χ0) is 16.2. The van der Waals surface area contributed by atoms with Crippen LogP contribution in [-0.2, 0) is 11.2 Å². The molecular formula is C17H25FN2O2. The van der Waals surface area contributed by atoms with Crippen LogP contribution in [0.2, 0.25) is 0 Å². The lowest BCUT2D eigenvalue weighted by Crippen LogP contribution is -2.40. The van der Waals surface area contributed by atoms with Crippen LogP contribution in [-0.4, -0.2) is 42.3 Å².